The van der Waals surface area contributed by atoms with Crippen LogP contribution in [-0.2, 0) is 10.5 Å². The van der Waals surface area contributed by atoms with E-state index in [-0.39, 0.29) is 11.6 Å². The fourth-order valence-electron chi connectivity index (χ4n) is 1.77. The van der Waals surface area contributed by atoms with Crippen LogP contribution in [0.1, 0.15) is 11.1 Å². The molecule has 0 aromatic heterocycles. The van der Waals surface area contributed by atoms with Crippen molar-refractivity contribution in [1.82, 2.24) is 5.43 Å². The number of carbonyl (C=O) groups is 1. The van der Waals surface area contributed by atoms with Gasteiger partial charge in [0.05, 0.1) is 16.9 Å². The van der Waals surface area contributed by atoms with Gasteiger partial charge < -0.3 is 0 Å². The highest BCUT2D eigenvalue weighted by Gasteiger charge is 2.04. The first-order valence-corrected chi connectivity index (χ1v) is 7.98. The second kappa shape index (κ2) is 8.70. The van der Waals surface area contributed by atoms with Gasteiger partial charge in [0.1, 0.15) is 0 Å². The fraction of sp³-hybridized carbons (Fsp3) is 0.125. The van der Waals surface area contributed by atoms with E-state index in [4.69, 9.17) is 0 Å². The van der Waals surface area contributed by atoms with Gasteiger partial charge in [-0.25, -0.2) is 5.43 Å². The smallest absolute Gasteiger partial charge is 0.270 e. The number of non-ortho nitro benzene ring substituents is 1. The molecule has 0 bridgehead atoms. The molecule has 6 nitrogen and oxygen atoms in total. The SMILES string of the molecule is O=C(CSCc1ccccc1)N/N=C\c1cccc([N+](=O)[O-])c1. The van der Waals surface area contributed by atoms with Crippen molar-refractivity contribution in [3.05, 3.63) is 75.8 Å². The summed E-state index contributed by atoms with van der Waals surface area (Å²) in [4.78, 5) is 21.8. The van der Waals surface area contributed by atoms with Crippen LogP contribution in [0.3, 0.4) is 0 Å². The number of hydrogen-bond acceptors (Lipinski definition) is 5. The van der Waals surface area contributed by atoms with Gasteiger partial charge in [-0.1, -0.05) is 42.5 Å². The van der Waals surface area contributed by atoms with Gasteiger partial charge in [-0.3, -0.25) is 14.9 Å². The first-order valence-electron chi connectivity index (χ1n) is 6.83. The number of hydrazone groups is 1. The lowest BCUT2D eigenvalue weighted by Gasteiger charge is -2.01. The van der Waals surface area contributed by atoms with Crippen molar-refractivity contribution in [2.45, 2.75) is 5.75 Å². The highest BCUT2D eigenvalue weighted by molar-refractivity contribution is 7.99. The Morgan fingerprint density at radius 1 is 1.22 bits per heavy atom. The third-order valence-electron chi connectivity index (χ3n) is 2.83. The summed E-state index contributed by atoms with van der Waals surface area (Å²) >= 11 is 1.49. The van der Waals surface area contributed by atoms with E-state index in [2.05, 4.69) is 10.5 Å². The van der Waals surface area contributed by atoms with Crippen LogP contribution >= 0.6 is 11.8 Å². The van der Waals surface area contributed by atoms with Gasteiger partial charge in [0, 0.05) is 23.4 Å². The van der Waals surface area contributed by atoms with E-state index in [1.807, 2.05) is 30.3 Å². The number of nitrogens with zero attached hydrogens (tertiary/aromatic N) is 2. The van der Waals surface area contributed by atoms with E-state index in [0.29, 0.717) is 11.3 Å². The Morgan fingerprint density at radius 2 is 2.00 bits per heavy atom. The van der Waals surface area contributed by atoms with Gasteiger partial charge in [0.15, 0.2) is 0 Å². The van der Waals surface area contributed by atoms with E-state index in [9.17, 15) is 14.9 Å². The van der Waals surface area contributed by atoms with Crippen LogP contribution in [0, 0.1) is 10.1 Å². The van der Waals surface area contributed by atoms with Crippen LogP contribution in [0.2, 0.25) is 0 Å². The maximum absolute atomic E-state index is 11.6. The average Bonchev–Trinajstić information content (AvgIpc) is 2.56. The molecule has 0 spiro atoms. The monoisotopic (exact) mass is 329 g/mol. The fourth-order valence-corrected chi connectivity index (χ4v) is 2.55. The van der Waals surface area contributed by atoms with Crippen molar-refractivity contribution in [2.24, 2.45) is 5.10 Å². The van der Waals surface area contributed by atoms with Crippen LogP contribution < -0.4 is 5.43 Å². The quantitative estimate of drug-likeness (QED) is 0.481. The van der Waals surface area contributed by atoms with Crippen LogP contribution in [0.15, 0.2) is 59.7 Å². The summed E-state index contributed by atoms with van der Waals surface area (Å²) < 4.78 is 0. The molecular formula is C16H15N3O3S. The maximum Gasteiger partial charge on any atom is 0.270 e. The number of nitro groups is 1. The van der Waals surface area contributed by atoms with E-state index >= 15 is 0 Å². The summed E-state index contributed by atoms with van der Waals surface area (Å²) in [5, 5.41) is 14.5. The third-order valence-corrected chi connectivity index (χ3v) is 3.83. The number of rotatable bonds is 7. The molecule has 23 heavy (non-hydrogen) atoms. The molecule has 7 heteroatoms. The molecule has 0 fully saturated rings. The Kier molecular flexibility index (Phi) is 6.31. The van der Waals surface area contributed by atoms with Gasteiger partial charge in [-0.15, -0.1) is 11.8 Å². The Balaban J connectivity index is 1.75. The van der Waals surface area contributed by atoms with Crippen LogP contribution in [0.5, 0.6) is 0 Å². The topological polar surface area (TPSA) is 84.6 Å². The minimum Gasteiger partial charge on any atom is -0.272 e. The molecule has 0 saturated heterocycles. The predicted octanol–water partition coefficient (Wildman–Crippen LogP) is 2.98. The molecule has 0 aliphatic heterocycles. The van der Waals surface area contributed by atoms with E-state index in [1.165, 1.54) is 30.1 Å². The van der Waals surface area contributed by atoms with Gasteiger partial charge >= 0.3 is 0 Å². The molecule has 0 unspecified atom stereocenters. The summed E-state index contributed by atoms with van der Waals surface area (Å²) in [6, 6.07) is 15.9. The van der Waals surface area contributed by atoms with E-state index in [1.54, 1.807) is 12.1 Å². The van der Waals surface area contributed by atoms with Crippen molar-refractivity contribution >= 4 is 29.6 Å². The number of nitro benzene ring substituents is 1. The molecule has 0 radical (unpaired) electrons. The Hall–Kier alpha value is -2.67. The molecule has 2 aromatic rings. The minimum atomic E-state index is -0.476. The number of hydrogen-bond donors (Lipinski definition) is 1. The molecule has 0 heterocycles. The summed E-state index contributed by atoms with van der Waals surface area (Å²) in [7, 11) is 0. The van der Waals surface area contributed by atoms with Crippen LogP contribution in [-0.4, -0.2) is 22.8 Å². The van der Waals surface area contributed by atoms with Crippen molar-refractivity contribution in [3.8, 4) is 0 Å². The maximum atomic E-state index is 11.6. The predicted molar refractivity (Wildman–Crippen MR) is 91.4 cm³/mol. The molecule has 0 aliphatic rings. The van der Waals surface area contributed by atoms with Crippen molar-refractivity contribution in [3.63, 3.8) is 0 Å². The Morgan fingerprint density at radius 3 is 2.74 bits per heavy atom. The molecular weight excluding hydrogens is 314 g/mol. The standard InChI is InChI=1S/C16H15N3O3S/c20-16(12-23-11-13-5-2-1-3-6-13)18-17-10-14-7-4-8-15(9-14)19(21)22/h1-10H,11-12H2,(H,18,20)/b17-10-. The second-order valence-corrected chi connectivity index (χ2v) is 5.61. The van der Waals surface area contributed by atoms with Crippen LogP contribution in [0.4, 0.5) is 5.69 Å². The van der Waals surface area contributed by atoms with Gasteiger partial charge in [0.25, 0.3) is 5.69 Å². The molecule has 2 rings (SSSR count). The lowest BCUT2D eigenvalue weighted by molar-refractivity contribution is -0.384. The molecule has 0 saturated carbocycles. The summed E-state index contributed by atoms with van der Waals surface area (Å²) in [6.45, 7) is 0. The zero-order chi connectivity index (χ0) is 16.5. The van der Waals surface area contributed by atoms with Gasteiger partial charge in [-0.05, 0) is 5.56 Å². The number of thioether (sulfide) groups is 1. The molecule has 1 amide bonds. The van der Waals surface area contributed by atoms with Crippen molar-refractivity contribution < 1.29 is 9.72 Å². The number of benzene rings is 2. The highest BCUT2D eigenvalue weighted by atomic mass is 32.2. The molecule has 2 aromatic carbocycles. The zero-order valence-corrected chi connectivity index (χ0v) is 13.0. The van der Waals surface area contributed by atoms with Crippen molar-refractivity contribution in [2.75, 3.05) is 5.75 Å². The Bertz CT molecular complexity index is 705. The zero-order valence-electron chi connectivity index (χ0n) is 12.2. The second-order valence-electron chi connectivity index (χ2n) is 4.62. The lowest BCUT2D eigenvalue weighted by Crippen LogP contribution is -2.19. The number of carbonyl (C=O) groups excluding carboxylic acids is 1. The molecule has 0 aliphatic carbocycles. The van der Waals surface area contributed by atoms with Gasteiger partial charge in [0.2, 0.25) is 5.91 Å². The Labute approximate surface area is 137 Å². The third kappa shape index (κ3) is 5.91. The summed E-state index contributed by atoms with van der Waals surface area (Å²) in [6.07, 6.45) is 1.38. The first-order chi connectivity index (χ1) is 11.1. The molecule has 1 N–H and O–H groups in total. The van der Waals surface area contributed by atoms with E-state index < -0.39 is 4.92 Å². The van der Waals surface area contributed by atoms with Crippen molar-refractivity contribution in [1.29, 1.82) is 0 Å². The summed E-state index contributed by atoms with van der Waals surface area (Å²) in [5.74, 6) is 0.830. The summed E-state index contributed by atoms with van der Waals surface area (Å²) in [5.41, 5.74) is 4.10. The highest BCUT2D eigenvalue weighted by Crippen LogP contribution is 2.12. The normalized spacial score (nSPS) is 10.6. The molecule has 0 atom stereocenters. The van der Waals surface area contributed by atoms with E-state index in [0.717, 1.165) is 11.3 Å². The minimum absolute atomic E-state index is 0.0151. The lowest BCUT2D eigenvalue weighted by atomic mass is 10.2. The number of amides is 1. The van der Waals surface area contributed by atoms with Gasteiger partial charge in [-0.2, -0.15) is 5.10 Å². The first kappa shape index (κ1) is 16.7. The average molecular weight is 329 g/mol. The number of nitrogens with one attached hydrogen (secondary N) is 1. The molecule has 118 valence electrons. The largest absolute Gasteiger partial charge is 0.272 e. The van der Waals surface area contributed by atoms with Crippen LogP contribution in [0.25, 0.3) is 0 Å².